The molecule has 0 bridgehead atoms. The van der Waals surface area contributed by atoms with Crippen molar-refractivity contribution in [2.45, 2.75) is 11.3 Å². The van der Waals surface area contributed by atoms with Crippen molar-refractivity contribution >= 4 is 23.7 Å². The summed E-state index contributed by atoms with van der Waals surface area (Å²) in [7, 11) is 0. The molecule has 1 N–H and O–H groups in total. The molecule has 6 heteroatoms. The number of carbonyl (C=O) groups is 1. The van der Waals surface area contributed by atoms with Crippen LogP contribution in [0.15, 0.2) is 63.9 Å². The van der Waals surface area contributed by atoms with Gasteiger partial charge in [-0.15, -0.1) is 16.9 Å². The Morgan fingerprint density at radius 1 is 1.13 bits per heavy atom. The Morgan fingerprint density at radius 3 is 2.74 bits per heavy atom. The Hall–Kier alpha value is -2.60. The average Bonchev–Trinajstić information content (AvgIpc) is 3.02. The Labute approximate surface area is 138 Å². The van der Waals surface area contributed by atoms with E-state index in [2.05, 4.69) is 15.5 Å². The molecule has 1 heterocycles. The summed E-state index contributed by atoms with van der Waals surface area (Å²) in [6.07, 6.45) is 2.50. The number of thioether (sulfide) groups is 1. The first-order chi connectivity index (χ1) is 11.2. The minimum absolute atomic E-state index is 0.107. The Kier molecular flexibility index (Phi) is 4.73. The molecule has 0 atom stereocenters. The van der Waals surface area contributed by atoms with Crippen molar-refractivity contribution in [1.82, 2.24) is 10.2 Å². The number of aromatic nitrogens is 2. The predicted octanol–water partition coefficient (Wildman–Crippen LogP) is 3.63. The number of benzene rings is 2. The van der Waals surface area contributed by atoms with Crippen LogP contribution in [-0.4, -0.2) is 22.4 Å². The molecule has 0 aliphatic heterocycles. The molecule has 0 aliphatic carbocycles. The zero-order chi connectivity index (χ0) is 16.1. The van der Waals surface area contributed by atoms with Crippen LogP contribution in [0.2, 0.25) is 0 Å². The fourth-order valence-corrected chi connectivity index (χ4v) is 2.54. The minimum atomic E-state index is -0.268. The summed E-state index contributed by atoms with van der Waals surface area (Å²) in [5.74, 6) is 0.195. The van der Waals surface area contributed by atoms with E-state index in [0.717, 1.165) is 10.5 Å². The van der Waals surface area contributed by atoms with Gasteiger partial charge >= 0.3 is 6.01 Å². The highest BCUT2D eigenvalue weighted by Crippen LogP contribution is 2.17. The number of hydrogen-bond donors (Lipinski definition) is 1. The fraction of sp³-hybridized carbons (Fsp3) is 0.118. The summed E-state index contributed by atoms with van der Waals surface area (Å²) in [4.78, 5) is 13.2. The third-order valence-corrected chi connectivity index (χ3v) is 3.94. The molecule has 5 nitrogen and oxygen atoms in total. The molecule has 1 aromatic heterocycles. The van der Waals surface area contributed by atoms with E-state index in [1.54, 1.807) is 17.8 Å². The van der Waals surface area contributed by atoms with E-state index in [1.165, 1.54) is 0 Å². The van der Waals surface area contributed by atoms with Crippen LogP contribution in [0.4, 0.5) is 6.01 Å². The number of nitrogens with zero attached hydrogens (tertiary/aromatic N) is 2. The van der Waals surface area contributed by atoms with Crippen LogP contribution in [0, 0.1) is 0 Å². The lowest BCUT2D eigenvalue weighted by molar-refractivity contribution is 0.102. The van der Waals surface area contributed by atoms with E-state index in [4.69, 9.17) is 4.42 Å². The molecule has 0 aliphatic rings. The molecule has 0 fully saturated rings. The minimum Gasteiger partial charge on any atom is -0.407 e. The molecule has 3 rings (SSSR count). The Balaban J connectivity index is 1.67. The first-order valence-corrected chi connectivity index (χ1v) is 8.29. The van der Waals surface area contributed by atoms with Gasteiger partial charge in [0.05, 0.1) is 6.42 Å². The fourth-order valence-electron chi connectivity index (χ4n) is 2.08. The second kappa shape index (κ2) is 7.11. The molecule has 2 aromatic carbocycles. The van der Waals surface area contributed by atoms with E-state index in [-0.39, 0.29) is 11.9 Å². The van der Waals surface area contributed by atoms with Crippen LogP contribution in [0.25, 0.3) is 0 Å². The summed E-state index contributed by atoms with van der Waals surface area (Å²) in [6.45, 7) is 0. The molecule has 1 amide bonds. The first-order valence-electron chi connectivity index (χ1n) is 7.06. The van der Waals surface area contributed by atoms with Gasteiger partial charge in [0.1, 0.15) is 0 Å². The van der Waals surface area contributed by atoms with Gasteiger partial charge in [-0.1, -0.05) is 41.5 Å². The number of anilines is 1. The lowest BCUT2D eigenvalue weighted by Crippen LogP contribution is -2.12. The molecule has 0 saturated heterocycles. The van der Waals surface area contributed by atoms with Gasteiger partial charge in [-0.3, -0.25) is 10.1 Å². The molecule has 0 saturated carbocycles. The van der Waals surface area contributed by atoms with Gasteiger partial charge in [0.25, 0.3) is 5.91 Å². The van der Waals surface area contributed by atoms with E-state index in [0.29, 0.717) is 17.9 Å². The van der Waals surface area contributed by atoms with Crippen LogP contribution in [-0.2, 0) is 6.42 Å². The maximum atomic E-state index is 12.2. The van der Waals surface area contributed by atoms with Crippen molar-refractivity contribution in [3.05, 3.63) is 71.6 Å². The monoisotopic (exact) mass is 325 g/mol. The quantitative estimate of drug-likeness (QED) is 0.725. The number of nitrogens with one attached hydrogen (secondary N) is 1. The predicted molar refractivity (Wildman–Crippen MR) is 89.7 cm³/mol. The molecule has 0 radical (unpaired) electrons. The van der Waals surface area contributed by atoms with Crippen LogP contribution < -0.4 is 5.32 Å². The van der Waals surface area contributed by atoms with Crippen LogP contribution in [0.3, 0.4) is 0 Å². The van der Waals surface area contributed by atoms with Gasteiger partial charge in [0.2, 0.25) is 5.89 Å². The van der Waals surface area contributed by atoms with E-state index >= 15 is 0 Å². The van der Waals surface area contributed by atoms with Gasteiger partial charge in [0.15, 0.2) is 0 Å². The molecule has 116 valence electrons. The Bertz CT molecular complexity index is 802. The highest BCUT2D eigenvalue weighted by Gasteiger charge is 2.12. The SMILES string of the molecule is CSc1cccc(C(=O)Nc2nnc(Cc3ccccc3)o2)c1. The highest BCUT2D eigenvalue weighted by molar-refractivity contribution is 7.98. The molecule has 3 aromatic rings. The molecule has 23 heavy (non-hydrogen) atoms. The molecular weight excluding hydrogens is 310 g/mol. The Morgan fingerprint density at radius 2 is 1.96 bits per heavy atom. The van der Waals surface area contributed by atoms with E-state index < -0.39 is 0 Å². The summed E-state index contributed by atoms with van der Waals surface area (Å²) in [5.41, 5.74) is 1.63. The standard InChI is InChI=1S/C17H15N3O2S/c1-23-14-9-5-8-13(11-14)16(21)18-17-20-19-15(22-17)10-12-6-3-2-4-7-12/h2-9,11H,10H2,1H3,(H,18,20,21). The number of rotatable bonds is 5. The third kappa shape index (κ3) is 3.98. The maximum absolute atomic E-state index is 12.2. The summed E-state index contributed by atoms with van der Waals surface area (Å²) in [5, 5.41) is 10.5. The van der Waals surface area contributed by atoms with Crippen molar-refractivity contribution in [1.29, 1.82) is 0 Å². The summed E-state index contributed by atoms with van der Waals surface area (Å²) >= 11 is 1.58. The van der Waals surface area contributed by atoms with Crippen LogP contribution in [0.5, 0.6) is 0 Å². The zero-order valence-corrected chi connectivity index (χ0v) is 13.3. The van der Waals surface area contributed by atoms with Crippen molar-refractivity contribution in [3.8, 4) is 0 Å². The second-order valence-corrected chi connectivity index (χ2v) is 5.73. The zero-order valence-electron chi connectivity index (χ0n) is 12.5. The van der Waals surface area contributed by atoms with Crippen molar-refractivity contribution in [2.24, 2.45) is 0 Å². The van der Waals surface area contributed by atoms with Gasteiger partial charge in [-0.25, -0.2) is 0 Å². The average molecular weight is 325 g/mol. The van der Waals surface area contributed by atoms with Crippen LogP contribution in [0.1, 0.15) is 21.8 Å². The van der Waals surface area contributed by atoms with E-state index in [1.807, 2.05) is 54.8 Å². The number of amides is 1. The van der Waals surface area contributed by atoms with Crippen LogP contribution >= 0.6 is 11.8 Å². The summed E-state index contributed by atoms with van der Waals surface area (Å²) < 4.78 is 5.48. The maximum Gasteiger partial charge on any atom is 0.322 e. The van der Waals surface area contributed by atoms with Gasteiger partial charge in [0, 0.05) is 10.5 Å². The van der Waals surface area contributed by atoms with Gasteiger partial charge < -0.3 is 4.42 Å². The second-order valence-electron chi connectivity index (χ2n) is 4.85. The largest absolute Gasteiger partial charge is 0.407 e. The lowest BCUT2D eigenvalue weighted by Gasteiger charge is -2.02. The number of carbonyl (C=O) groups excluding carboxylic acids is 1. The molecular formula is C17H15N3O2S. The smallest absolute Gasteiger partial charge is 0.322 e. The molecule has 0 spiro atoms. The normalized spacial score (nSPS) is 10.5. The molecule has 0 unspecified atom stereocenters. The first kappa shape index (κ1) is 15.3. The highest BCUT2D eigenvalue weighted by atomic mass is 32.2. The van der Waals surface area contributed by atoms with Crippen molar-refractivity contribution < 1.29 is 9.21 Å². The topological polar surface area (TPSA) is 68.0 Å². The van der Waals surface area contributed by atoms with Crippen molar-refractivity contribution in [2.75, 3.05) is 11.6 Å². The lowest BCUT2D eigenvalue weighted by atomic mass is 10.2. The summed E-state index contributed by atoms with van der Waals surface area (Å²) in [6, 6.07) is 17.3. The van der Waals surface area contributed by atoms with Gasteiger partial charge in [-0.05, 0) is 30.0 Å². The van der Waals surface area contributed by atoms with E-state index in [9.17, 15) is 4.79 Å². The number of hydrogen-bond acceptors (Lipinski definition) is 5. The van der Waals surface area contributed by atoms with Gasteiger partial charge in [-0.2, -0.15) is 0 Å². The van der Waals surface area contributed by atoms with Crippen molar-refractivity contribution in [3.63, 3.8) is 0 Å². The third-order valence-electron chi connectivity index (χ3n) is 3.22.